The zero-order chi connectivity index (χ0) is 12.8. The van der Waals surface area contributed by atoms with Crippen molar-refractivity contribution in [2.45, 2.75) is 32.7 Å². The predicted molar refractivity (Wildman–Crippen MR) is 72.1 cm³/mol. The van der Waals surface area contributed by atoms with Crippen molar-refractivity contribution in [2.75, 3.05) is 31.1 Å². The maximum Gasteiger partial charge on any atom is 0.228 e. The van der Waals surface area contributed by atoms with Crippen LogP contribution in [0.15, 0.2) is 12.3 Å². The lowest BCUT2D eigenvalue weighted by molar-refractivity contribution is 0.326. The predicted octanol–water partition coefficient (Wildman–Crippen LogP) is 1.45. The number of nitrogens with one attached hydrogen (secondary N) is 1. The molecule has 1 saturated heterocycles. The van der Waals surface area contributed by atoms with Gasteiger partial charge >= 0.3 is 0 Å². The number of hydrogen-bond donors (Lipinski definition) is 1. The quantitative estimate of drug-likeness (QED) is 0.828. The number of ether oxygens (including phenoxy) is 1. The van der Waals surface area contributed by atoms with Crippen molar-refractivity contribution < 1.29 is 4.74 Å². The molecule has 1 aliphatic rings. The molecule has 1 fully saturated rings. The van der Waals surface area contributed by atoms with Crippen LogP contribution >= 0.6 is 0 Å². The highest BCUT2D eigenvalue weighted by Crippen LogP contribution is 2.15. The van der Waals surface area contributed by atoms with Crippen LogP contribution in [0, 0.1) is 0 Å². The third kappa shape index (κ3) is 3.32. The van der Waals surface area contributed by atoms with E-state index in [1.54, 1.807) is 12.3 Å². The highest BCUT2D eigenvalue weighted by atomic mass is 16.5. The average molecular weight is 250 g/mol. The molecular formula is C13H22N4O. The summed E-state index contributed by atoms with van der Waals surface area (Å²) in [5, 5.41) is 3.50. The summed E-state index contributed by atoms with van der Waals surface area (Å²) in [5.74, 6) is 1.41. The number of nitrogens with zero attached hydrogens (tertiary/aromatic N) is 3. The summed E-state index contributed by atoms with van der Waals surface area (Å²) in [6.45, 7) is 7.72. The Morgan fingerprint density at radius 1 is 1.50 bits per heavy atom. The molecule has 0 saturated carbocycles. The summed E-state index contributed by atoms with van der Waals surface area (Å²) in [6, 6.07) is 2.36. The molecule has 1 aliphatic heterocycles. The van der Waals surface area contributed by atoms with Crippen LogP contribution in [0.2, 0.25) is 0 Å². The number of hydrogen-bond acceptors (Lipinski definition) is 5. The fourth-order valence-electron chi connectivity index (χ4n) is 2.24. The molecular weight excluding hydrogens is 228 g/mol. The molecule has 0 bridgehead atoms. The van der Waals surface area contributed by atoms with E-state index in [0.29, 0.717) is 18.5 Å². The van der Waals surface area contributed by atoms with Gasteiger partial charge in [0.05, 0.1) is 6.61 Å². The van der Waals surface area contributed by atoms with Gasteiger partial charge in [-0.1, -0.05) is 0 Å². The van der Waals surface area contributed by atoms with E-state index in [0.717, 1.165) is 25.6 Å². The van der Waals surface area contributed by atoms with Crippen LogP contribution in [0.1, 0.15) is 26.7 Å². The van der Waals surface area contributed by atoms with Gasteiger partial charge < -0.3 is 15.0 Å². The second-order valence-corrected chi connectivity index (χ2v) is 4.46. The Balaban J connectivity index is 2.03. The fraction of sp³-hybridized carbons (Fsp3) is 0.692. The van der Waals surface area contributed by atoms with Crippen LogP contribution in [0.4, 0.5) is 5.95 Å². The molecule has 1 atom stereocenters. The molecule has 1 N–H and O–H groups in total. The third-order valence-corrected chi connectivity index (χ3v) is 3.18. The molecule has 0 radical (unpaired) electrons. The fourth-order valence-corrected chi connectivity index (χ4v) is 2.24. The Bertz CT molecular complexity index is 366. The summed E-state index contributed by atoms with van der Waals surface area (Å²) in [4.78, 5) is 11.0. The lowest BCUT2D eigenvalue weighted by atomic mass is 10.2. The molecule has 0 spiro atoms. The number of likely N-dealkylation sites (N-methyl/N-ethyl adjacent to an activating group) is 1. The summed E-state index contributed by atoms with van der Waals surface area (Å²) in [6.07, 6.45) is 4.27. The molecule has 1 aromatic rings. The Hall–Kier alpha value is -1.36. The molecule has 100 valence electrons. The first-order valence-corrected chi connectivity index (χ1v) is 6.77. The smallest absolute Gasteiger partial charge is 0.228 e. The summed E-state index contributed by atoms with van der Waals surface area (Å²) in [5.41, 5.74) is 0. The largest absolute Gasteiger partial charge is 0.478 e. The maximum atomic E-state index is 5.42. The van der Waals surface area contributed by atoms with Crippen LogP contribution in [0.25, 0.3) is 0 Å². The monoisotopic (exact) mass is 250 g/mol. The van der Waals surface area contributed by atoms with Gasteiger partial charge in [-0.05, 0) is 33.2 Å². The molecule has 1 aromatic heterocycles. The third-order valence-electron chi connectivity index (χ3n) is 3.18. The number of rotatable bonds is 6. The lowest BCUT2D eigenvalue weighted by Gasteiger charge is -2.24. The molecule has 0 amide bonds. The van der Waals surface area contributed by atoms with Crippen LogP contribution < -0.4 is 15.0 Å². The van der Waals surface area contributed by atoms with Gasteiger partial charge in [-0.25, -0.2) is 4.98 Å². The van der Waals surface area contributed by atoms with Crippen molar-refractivity contribution in [3.05, 3.63) is 12.3 Å². The van der Waals surface area contributed by atoms with Crippen molar-refractivity contribution >= 4 is 5.95 Å². The van der Waals surface area contributed by atoms with Crippen molar-refractivity contribution in [2.24, 2.45) is 0 Å². The molecule has 2 heterocycles. The van der Waals surface area contributed by atoms with Crippen molar-refractivity contribution in [3.8, 4) is 5.88 Å². The highest BCUT2D eigenvalue weighted by Gasteiger charge is 2.18. The Kier molecular flexibility index (Phi) is 4.75. The summed E-state index contributed by atoms with van der Waals surface area (Å²) >= 11 is 0. The van der Waals surface area contributed by atoms with E-state index in [4.69, 9.17) is 4.74 Å². The standard InChI is InChI=1S/C13H22N4O/c1-3-17(10-11-6-5-8-14-11)13-15-9-7-12(16-13)18-4-2/h7,9,11,14H,3-6,8,10H2,1-2H3. The van der Waals surface area contributed by atoms with Crippen LogP contribution in [-0.2, 0) is 0 Å². The van der Waals surface area contributed by atoms with E-state index in [-0.39, 0.29) is 0 Å². The van der Waals surface area contributed by atoms with E-state index < -0.39 is 0 Å². The molecule has 5 heteroatoms. The van der Waals surface area contributed by atoms with E-state index in [2.05, 4.69) is 27.1 Å². The van der Waals surface area contributed by atoms with Gasteiger partial charge in [-0.3, -0.25) is 0 Å². The Labute approximate surface area is 109 Å². The van der Waals surface area contributed by atoms with Crippen LogP contribution in [0.3, 0.4) is 0 Å². The molecule has 1 unspecified atom stereocenters. The summed E-state index contributed by atoms with van der Waals surface area (Å²) < 4.78 is 5.42. The first-order valence-electron chi connectivity index (χ1n) is 6.77. The maximum absolute atomic E-state index is 5.42. The molecule has 0 aliphatic carbocycles. The van der Waals surface area contributed by atoms with Crippen molar-refractivity contribution in [1.82, 2.24) is 15.3 Å². The number of anilines is 1. The van der Waals surface area contributed by atoms with Gasteiger partial charge in [0.15, 0.2) is 0 Å². The van der Waals surface area contributed by atoms with Gasteiger partial charge in [-0.2, -0.15) is 4.98 Å². The first kappa shape index (κ1) is 13.1. The molecule has 5 nitrogen and oxygen atoms in total. The van der Waals surface area contributed by atoms with Crippen LogP contribution in [-0.4, -0.2) is 42.3 Å². The summed E-state index contributed by atoms with van der Waals surface area (Å²) in [7, 11) is 0. The Morgan fingerprint density at radius 3 is 3.06 bits per heavy atom. The zero-order valence-electron chi connectivity index (χ0n) is 11.2. The van der Waals surface area contributed by atoms with Gasteiger partial charge in [0, 0.05) is 31.4 Å². The molecule has 2 rings (SSSR count). The molecule has 0 aromatic carbocycles. The average Bonchev–Trinajstić information content (AvgIpc) is 2.89. The minimum atomic E-state index is 0.560. The number of aromatic nitrogens is 2. The first-order chi connectivity index (χ1) is 8.83. The second-order valence-electron chi connectivity index (χ2n) is 4.46. The normalized spacial score (nSPS) is 18.9. The second kappa shape index (κ2) is 6.54. The molecule has 18 heavy (non-hydrogen) atoms. The topological polar surface area (TPSA) is 50.3 Å². The lowest BCUT2D eigenvalue weighted by Crippen LogP contribution is -2.38. The minimum absolute atomic E-state index is 0.560. The van der Waals surface area contributed by atoms with Gasteiger partial charge in [-0.15, -0.1) is 0 Å². The van der Waals surface area contributed by atoms with E-state index in [9.17, 15) is 0 Å². The van der Waals surface area contributed by atoms with Crippen molar-refractivity contribution in [3.63, 3.8) is 0 Å². The van der Waals surface area contributed by atoms with Gasteiger partial charge in [0.1, 0.15) is 0 Å². The SMILES string of the molecule is CCOc1ccnc(N(CC)CC2CCCN2)n1. The van der Waals surface area contributed by atoms with Crippen molar-refractivity contribution in [1.29, 1.82) is 0 Å². The van der Waals surface area contributed by atoms with Gasteiger partial charge in [0.2, 0.25) is 11.8 Å². The highest BCUT2D eigenvalue weighted by molar-refractivity contribution is 5.32. The van der Waals surface area contributed by atoms with E-state index in [1.807, 2.05) is 6.92 Å². The zero-order valence-corrected chi connectivity index (χ0v) is 11.2. The van der Waals surface area contributed by atoms with Gasteiger partial charge in [0.25, 0.3) is 0 Å². The Morgan fingerprint density at radius 2 is 2.39 bits per heavy atom. The minimum Gasteiger partial charge on any atom is -0.478 e. The van der Waals surface area contributed by atoms with E-state index in [1.165, 1.54) is 12.8 Å². The van der Waals surface area contributed by atoms with E-state index >= 15 is 0 Å². The van der Waals surface area contributed by atoms with Crippen LogP contribution in [0.5, 0.6) is 5.88 Å².